The molecule has 1 aromatic rings. The molecule has 1 atom stereocenters. The zero-order chi connectivity index (χ0) is 13.2. The van der Waals surface area contributed by atoms with E-state index in [9.17, 15) is 10.2 Å². The molecule has 2 nitrogen and oxygen atoms in total. The van der Waals surface area contributed by atoms with Gasteiger partial charge in [0.25, 0.3) is 0 Å². The van der Waals surface area contributed by atoms with Crippen molar-refractivity contribution in [3.05, 3.63) is 35.4 Å². The van der Waals surface area contributed by atoms with Crippen molar-refractivity contribution >= 4 is 0 Å². The lowest BCUT2D eigenvalue weighted by Gasteiger charge is -2.38. The highest BCUT2D eigenvalue weighted by atomic mass is 16.3. The van der Waals surface area contributed by atoms with Crippen LogP contribution in [0.25, 0.3) is 0 Å². The molecule has 18 heavy (non-hydrogen) atoms. The predicted octanol–water partition coefficient (Wildman–Crippen LogP) is 2.84. The van der Waals surface area contributed by atoms with Crippen LogP contribution in [-0.4, -0.2) is 21.9 Å². The van der Waals surface area contributed by atoms with Crippen LogP contribution in [0.15, 0.2) is 24.3 Å². The van der Waals surface area contributed by atoms with E-state index in [4.69, 9.17) is 0 Å². The van der Waals surface area contributed by atoms with Crippen molar-refractivity contribution in [3.8, 4) is 0 Å². The lowest BCUT2D eigenvalue weighted by atomic mass is 9.75. The summed E-state index contributed by atoms with van der Waals surface area (Å²) in [7, 11) is 0. The Balaban J connectivity index is 2.03. The van der Waals surface area contributed by atoms with E-state index in [1.807, 2.05) is 18.2 Å². The van der Waals surface area contributed by atoms with Crippen LogP contribution in [0, 0.1) is 12.8 Å². The van der Waals surface area contributed by atoms with E-state index in [0.717, 1.165) is 31.2 Å². The standard InChI is InChI=1S/C16H24O2/c1-12-7-9-16(18,10-8-12)15(17)11-14-6-4-3-5-13(14)2/h3-6,12,15,17-18H,7-11H2,1-2H3. The molecule has 0 radical (unpaired) electrons. The Kier molecular flexibility index (Phi) is 4.08. The van der Waals surface area contributed by atoms with Crippen molar-refractivity contribution in [2.24, 2.45) is 5.92 Å². The van der Waals surface area contributed by atoms with Crippen molar-refractivity contribution < 1.29 is 10.2 Å². The fraction of sp³-hybridized carbons (Fsp3) is 0.625. The lowest BCUT2D eigenvalue weighted by molar-refractivity contribution is -0.102. The van der Waals surface area contributed by atoms with Crippen molar-refractivity contribution in [2.45, 2.75) is 57.7 Å². The molecule has 1 aliphatic rings. The van der Waals surface area contributed by atoms with Crippen molar-refractivity contribution in [1.82, 2.24) is 0 Å². The predicted molar refractivity (Wildman–Crippen MR) is 73.5 cm³/mol. The number of hydrogen-bond donors (Lipinski definition) is 2. The molecule has 2 rings (SSSR count). The highest BCUT2D eigenvalue weighted by molar-refractivity contribution is 5.26. The minimum Gasteiger partial charge on any atom is -0.390 e. The Morgan fingerprint density at radius 3 is 2.50 bits per heavy atom. The van der Waals surface area contributed by atoms with Gasteiger partial charge in [-0.05, 0) is 49.7 Å². The summed E-state index contributed by atoms with van der Waals surface area (Å²) in [6.45, 7) is 4.27. The van der Waals surface area contributed by atoms with Gasteiger partial charge in [0.2, 0.25) is 0 Å². The van der Waals surface area contributed by atoms with Crippen LogP contribution >= 0.6 is 0 Å². The number of benzene rings is 1. The molecule has 0 heterocycles. The molecule has 1 unspecified atom stereocenters. The molecule has 0 bridgehead atoms. The van der Waals surface area contributed by atoms with Gasteiger partial charge < -0.3 is 10.2 Å². The molecule has 0 spiro atoms. The molecule has 0 amide bonds. The number of rotatable bonds is 3. The first-order valence-electron chi connectivity index (χ1n) is 6.96. The highest BCUT2D eigenvalue weighted by Gasteiger charge is 2.38. The summed E-state index contributed by atoms with van der Waals surface area (Å²) in [5.74, 6) is 0.677. The summed E-state index contributed by atoms with van der Waals surface area (Å²) in [4.78, 5) is 0. The summed E-state index contributed by atoms with van der Waals surface area (Å²) >= 11 is 0. The summed E-state index contributed by atoms with van der Waals surface area (Å²) in [6.07, 6.45) is 3.38. The molecule has 1 aromatic carbocycles. The summed E-state index contributed by atoms with van der Waals surface area (Å²) in [5, 5.41) is 20.9. The Labute approximate surface area is 110 Å². The first kappa shape index (κ1) is 13.6. The molecule has 0 saturated heterocycles. The van der Waals surface area contributed by atoms with E-state index in [0.29, 0.717) is 12.3 Å². The molecule has 0 aromatic heterocycles. The Hall–Kier alpha value is -0.860. The van der Waals surface area contributed by atoms with Crippen LogP contribution in [0.1, 0.15) is 43.7 Å². The zero-order valence-corrected chi connectivity index (χ0v) is 11.4. The maximum Gasteiger partial charge on any atom is 0.0908 e. The topological polar surface area (TPSA) is 40.5 Å². The van der Waals surface area contributed by atoms with Gasteiger partial charge in [-0.2, -0.15) is 0 Å². The first-order valence-corrected chi connectivity index (χ1v) is 6.96. The van der Waals surface area contributed by atoms with Crippen LogP contribution in [0.5, 0.6) is 0 Å². The Morgan fingerprint density at radius 2 is 1.89 bits per heavy atom. The summed E-state index contributed by atoms with van der Waals surface area (Å²) < 4.78 is 0. The van der Waals surface area contributed by atoms with Crippen LogP contribution in [-0.2, 0) is 6.42 Å². The third kappa shape index (κ3) is 2.93. The SMILES string of the molecule is Cc1ccccc1CC(O)C1(O)CCC(C)CC1. The number of aryl methyl sites for hydroxylation is 1. The van der Waals surface area contributed by atoms with Gasteiger partial charge in [-0.25, -0.2) is 0 Å². The fourth-order valence-corrected chi connectivity index (χ4v) is 2.83. The van der Waals surface area contributed by atoms with Gasteiger partial charge >= 0.3 is 0 Å². The van der Waals surface area contributed by atoms with Gasteiger partial charge in [0.05, 0.1) is 11.7 Å². The third-order valence-electron chi connectivity index (χ3n) is 4.43. The van der Waals surface area contributed by atoms with E-state index >= 15 is 0 Å². The molecule has 1 saturated carbocycles. The first-order chi connectivity index (χ1) is 8.51. The van der Waals surface area contributed by atoms with Gasteiger partial charge in [0.1, 0.15) is 0 Å². The average molecular weight is 248 g/mol. The minimum atomic E-state index is -0.880. The monoisotopic (exact) mass is 248 g/mol. The van der Waals surface area contributed by atoms with Crippen LogP contribution in [0.4, 0.5) is 0 Å². The van der Waals surface area contributed by atoms with Gasteiger partial charge in [0, 0.05) is 6.42 Å². The second kappa shape index (κ2) is 5.41. The molecule has 2 heteroatoms. The zero-order valence-electron chi connectivity index (χ0n) is 11.4. The normalized spacial score (nSPS) is 30.1. The van der Waals surface area contributed by atoms with Crippen LogP contribution in [0.3, 0.4) is 0 Å². The lowest BCUT2D eigenvalue weighted by Crippen LogP contribution is -2.46. The van der Waals surface area contributed by atoms with E-state index in [-0.39, 0.29) is 0 Å². The number of aliphatic hydroxyl groups is 2. The quantitative estimate of drug-likeness (QED) is 0.863. The second-order valence-electron chi connectivity index (χ2n) is 5.93. The van der Waals surface area contributed by atoms with Gasteiger partial charge in [-0.3, -0.25) is 0 Å². The van der Waals surface area contributed by atoms with E-state index < -0.39 is 11.7 Å². The molecule has 0 aliphatic heterocycles. The Morgan fingerprint density at radius 1 is 1.28 bits per heavy atom. The Bertz CT molecular complexity index is 392. The second-order valence-corrected chi connectivity index (χ2v) is 5.93. The van der Waals surface area contributed by atoms with Crippen LogP contribution in [0.2, 0.25) is 0 Å². The van der Waals surface area contributed by atoms with Crippen LogP contribution < -0.4 is 0 Å². The van der Waals surface area contributed by atoms with E-state index in [2.05, 4.69) is 19.9 Å². The largest absolute Gasteiger partial charge is 0.390 e. The van der Waals surface area contributed by atoms with Crippen molar-refractivity contribution in [1.29, 1.82) is 0 Å². The van der Waals surface area contributed by atoms with Crippen molar-refractivity contribution in [2.75, 3.05) is 0 Å². The maximum atomic E-state index is 10.6. The maximum absolute atomic E-state index is 10.6. The van der Waals surface area contributed by atoms with E-state index in [1.165, 1.54) is 5.56 Å². The molecular weight excluding hydrogens is 224 g/mol. The van der Waals surface area contributed by atoms with Gasteiger partial charge in [0.15, 0.2) is 0 Å². The third-order valence-corrected chi connectivity index (χ3v) is 4.43. The molecule has 100 valence electrons. The molecular formula is C16H24O2. The highest BCUT2D eigenvalue weighted by Crippen LogP contribution is 2.35. The van der Waals surface area contributed by atoms with Crippen molar-refractivity contribution in [3.63, 3.8) is 0 Å². The summed E-state index contributed by atoms with van der Waals surface area (Å²) in [5.41, 5.74) is 1.44. The smallest absolute Gasteiger partial charge is 0.0908 e. The van der Waals surface area contributed by atoms with E-state index in [1.54, 1.807) is 0 Å². The molecule has 1 aliphatic carbocycles. The molecule has 1 fully saturated rings. The van der Waals surface area contributed by atoms with Gasteiger partial charge in [-0.1, -0.05) is 31.2 Å². The summed E-state index contributed by atoms with van der Waals surface area (Å²) in [6, 6.07) is 8.08. The number of aliphatic hydroxyl groups excluding tert-OH is 1. The molecule has 2 N–H and O–H groups in total. The van der Waals surface area contributed by atoms with Gasteiger partial charge in [-0.15, -0.1) is 0 Å². The minimum absolute atomic E-state index is 0.553. The number of hydrogen-bond acceptors (Lipinski definition) is 2. The average Bonchev–Trinajstić information content (AvgIpc) is 2.36. The fourth-order valence-electron chi connectivity index (χ4n) is 2.83.